The van der Waals surface area contributed by atoms with Crippen molar-refractivity contribution in [3.8, 4) is 0 Å². The third kappa shape index (κ3) is 4.18. The van der Waals surface area contributed by atoms with Crippen LogP contribution in [0.4, 0.5) is 0 Å². The van der Waals surface area contributed by atoms with Crippen LogP contribution in [-0.2, 0) is 4.79 Å². The maximum Gasteiger partial charge on any atom is 0.234 e. The van der Waals surface area contributed by atoms with Gasteiger partial charge in [0, 0.05) is 12.6 Å². The van der Waals surface area contributed by atoms with Gasteiger partial charge < -0.3 is 10.4 Å². The first-order valence-electron chi connectivity index (χ1n) is 7.75. The average Bonchev–Trinajstić information content (AvgIpc) is 2.29. The van der Waals surface area contributed by atoms with E-state index < -0.39 is 0 Å². The van der Waals surface area contributed by atoms with Crippen LogP contribution in [0, 0.1) is 11.8 Å². The molecule has 3 unspecified atom stereocenters. The highest BCUT2D eigenvalue weighted by molar-refractivity contribution is 5.78. The highest BCUT2D eigenvalue weighted by Crippen LogP contribution is 2.26. The Hall–Kier alpha value is -0.610. The van der Waals surface area contributed by atoms with Crippen LogP contribution in [0.25, 0.3) is 0 Å². The number of aliphatic hydroxyl groups is 1. The minimum Gasteiger partial charge on any atom is -0.392 e. The minimum atomic E-state index is -0.359. The van der Waals surface area contributed by atoms with Gasteiger partial charge in [0.1, 0.15) is 0 Å². The number of hydrogen-bond donors (Lipinski definition) is 2. The molecule has 0 aromatic heterocycles. The number of amides is 1. The van der Waals surface area contributed by atoms with Crippen LogP contribution in [0.1, 0.15) is 46.0 Å². The van der Waals surface area contributed by atoms with Crippen LogP contribution in [0.15, 0.2) is 0 Å². The van der Waals surface area contributed by atoms with E-state index in [0.717, 1.165) is 25.9 Å². The Morgan fingerprint density at radius 2 is 2.16 bits per heavy atom. The largest absolute Gasteiger partial charge is 0.392 e. The molecule has 2 fully saturated rings. The summed E-state index contributed by atoms with van der Waals surface area (Å²) in [6, 6.07) is 0.137. The van der Waals surface area contributed by atoms with Gasteiger partial charge in [-0.2, -0.15) is 0 Å². The molecular weight excluding hydrogens is 240 g/mol. The lowest BCUT2D eigenvalue weighted by molar-refractivity contribution is -0.124. The highest BCUT2D eigenvalue weighted by atomic mass is 16.3. The van der Waals surface area contributed by atoms with E-state index in [1.54, 1.807) is 0 Å². The van der Waals surface area contributed by atoms with Crippen molar-refractivity contribution in [2.24, 2.45) is 11.8 Å². The normalized spacial score (nSPS) is 30.7. The number of piperidine rings is 1. The topological polar surface area (TPSA) is 52.6 Å². The molecule has 0 aromatic carbocycles. The summed E-state index contributed by atoms with van der Waals surface area (Å²) in [5.41, 5.74) is 0. The van der Waals surface area contributed by atoms with Crippen molar-refractivity contribution in [2.45, 2.75) is 58.1 Å². The van der Waals surface area contributed by atoms with Gasteiger partial charge in [0.05, 0.1) is 12.6 Å². The third-order valence-electron chi connectivity index (χ3n) is 4.74. The number of hydrogen-bond acceptors (Lipinski definition) is 3. The number of carbonyl (C=O) groups is 1. The lowest BCUT2D eigenvalue weighted by atomic mass is 9.85. The summed E-state index contributed by atoms with van der Waals surface area (Å²) in [5, 5.41) is 12.9. The lowest BCUT2D eigenvalue weighted by Gasteiger charge is -2.39. The number of nitrogens with one attached hydrogen (secondary N) is 1. The Morgan fingerprint density at radius 3 is 2.74 bits per heavy atom. The number of rotatable bonds is 5. The molecular formula is C15H28N2O2. The van der Waals surface area contributed by atoms with Crippen molar-refractivity contribution in [1.29, 1.82) is 0 Å². The van der Waals surface area contributed by atoms with Crippen molar-refractivity contribution >= 4 is 5.91 Å². The zero-order valence-electron chi connectivity index (χ0n) is 12.3. The Bertz CT molecular complexity index is 303. The Balaban J connectivity index is 1.76. The van der Waals surface area contributed by atoms with Gasteiger partial charge in [-0.25, -0.2) is 0 Å². The van der Waals surface area contributed by atoms with E-state index in [2.05, 4.69) is 17.1 Å². The quantitative estimate of drug-likeness (QED) is 0.792. The van der Waals surface area contributed by atoms with Gasteiger partial charge in [-0.05, 0) is 51.0 Å². The molecule has 1 aliphatic heterocycles. The zero-order chi connectivity index (χ0) is 13.8. The molecule has 0 aromatic rings. The molecule has 1 saturated heterocycles. The number of likely N-dealkylation sites (tertiary alicyclic amines) is 1. The van der Waals surface area contributed by atoms with Crippen LogP contribution in [0.5, 0.6) is 0 Å². The Labute approximate surface area is 116 Å². The van der Waals surface area contributed by atoms with Gasteiger partial charge in [0.15, 0.2) is 0 Å². The van der Waals surface area contributed by atoms with E-state index in [0.29, 0.717) is 18.4 Å². The Morgan fingerprint density at radius 1 is 1.42 bits per heavy atom. The SMILES string of the molecule is CC1CCN(CC(=O)NCC2CCC2)C(C(C)O)C1. The van der Waals surface area contributed by atoms with E-state index >= 15 is 0 Å². The van der Waals surface area contributed by atoms with Gasteiger partial charge in [0.2, 0.25) is 5.91 Å². The molecule has 2 N–H and O–H groups in total. The fraction of sp³-hybridized carbons (Fsp3) is 0.933. The molecule has 0 bridgehead atoms. The van der Waals surface area contributed by atoms with Crippen molar-refractivity contribution in [3.05, 3.63) is 0 Å². The average molecular weight is 268 g/mol. The second-order valence-corrected chi connectivity index (χ2v) is 6.51. The first kappa shape index (κ1) is 14.8. The van der Waals surface area contributed by atoms with Crippen molar-refractivity contribution in [2.75, 3.05) is 19.6 Å². The summed E-state index contributed by atoms with van der Waals surface area (Å²) in [6.07, 6.45) is 5.60. The molecule has 4 nitrogen and oxygen atoms in total. The molecule has 1 saturated carbocycles. The van der Waals surface area contributed by atoms with E-state index in [9.17, 15) is 9.90 Å². The van der Waals surface area contributed by atoms with E-state index in [-0.39, 0.29) is 18.1 Å². The van der Waals surface area contributed by atoms with Gasteiger partial charge in [-0.15, -0.1) is 0 Å². The van der Waals surface area contributed by atoms with Gasteiger partial charge in [0.25, 0.3) is 0 Å². The second-order valence-electron chi connectivity index (χ2n) is 6.51. The molecule has 2 rings (SSSR count). The third-order valence-corrected chi connectivity index (χ3v) is 4.74. The molecule has 0 spiro atoms. The van der Waals surface area contributed by atoms with Crippen molar-refractivity contribution in [3.63, 3.8) is 0 Å². The summed E-state index contributed by atoms with van der Waals surface area (Å²) in [7, 11) is 0. The smallest absolute Gasteiger partial charge is 0.234 e. The maximum absolute atomic E-state index is 12.0. The van der Waals surface area contributed by atoms with E-state index in [1.165, 1.54) is 19.3 Å². The molecule has 19 heavy (non-hydrogen) atoms. The summed E-state index contributed by atoms with van der Waals surface area (Å²) < 4.78 is 0. The van der Waals surface area contributed by atoms with Crippen LogP contribution >= 0.6 is 0 Å². The zero-order valence-corrected chi connectivity index (χ0v) is 12.3. The fourth-order valence-electron chi connectivity index (χ4n) is 3.13. The first-order valence-corrected chi connectivity index (χ1v) is 7.75. The maximum atomic E-state index is 12.0. The molecule has 2 aliphatic rings. The van der Waals surface area contributed by atoms with Crippen molar-refractivity contribution in [1.82, 2.24) is 10.2 Å². The predicted molar refractivity (Wildman–Crippen MR) is 75.8 cm³/mol. The van der Waals surface area contributed by atoms with E-state index in [4.69, 9.17) is 0 Å². The van der Waals surface area contributed by atoms with Crippen molar-refractivity contribution < 1.29 is 9.90 Å². The van der Waals surface area contributed by atoms with Crippen LogP contribution < -0.4 is 5.32 Å². The second kappa shape index (κ2) is 6.71. The minimum absolute atomic E-state index is 0.118. The predicted octanol–water partition coefficient (Wildman–Crippen LogP) is 1.38. The van der Waals surface area contributed by atoms with Gasteiger partial charge in [-0.1, -0.05) is 13.3 Å². The monoisotopic (exact) mass is 268 g/mol. The molecule has 3 atom stereocenters. The summed E-state index contributed by atoms with van der Waals surface area (Å²) in [5.74, 6) is 1.47. The fourth-order valence-corrected chi connectivity index (χ4v) is 3.13. The van der Waals surface area contributed by atoms with Gasteiger partial charge in [-0.3, -0.25) is 9.69 Å². The summed E-state index contributed by atoms with van der Waals surface area (Å²) in [4.78, 5) is 14.1. The van der Waals surface area contributed by atoms with Crippen LogP contribution in [-0.4, -0.2) is 47.7 Å². The lowest BCUT2D eigenvalue weighted by Crippen LogP contribution is -2.51. The molecule has 110 valence electrons. The molecule has 1 amide bonds. The first-order chi connectivity index (χ1) is 9.06. The summed E-state index contributed by atoms with van der Waals surface area (Å²) in [6.45, 7) is 6.26. The molecule has 4 heteroatoms. The Kier molecular flexibility index (Phi) is 5.22. The molecule has 0 radical (unpaired) electrons. The van der Waals surface area contributed by atoms with Gasteiger partial charge >= 0.3 is 0 Å². The van der Waals surface area contributed by atoms with E-state index in [1.807, 2.05) is 6.92 Å². The number of aliphatic hydroxyl groups excluding tert-OH is 1. The van der Waals surface area contributed by atoms with Crippen LogP contribution in [0.2, 0.25) is 0 Å². The summed E-state index contributed by atoms with van der Waals surface area (Å²) >= 11 is 0. The number of nitrogens with zero attached hydrogens (tertiary/aromatic N) is 1. The molecule has 1 heterocycles. The number of carbonyl (C=O) groups excluding carboxylic acids is 1. The standard InChI is InChI=1S/C15H28N2O2/c1-11-6-7-17(14(8-11)12(2)18)10-15(19)16-9-13-4-3-5-13/h11-14,18H,3-10H2,1-2H3,(H,16,19). The van der Waals surface area contributed by atoms with Crippen LogP contribution in [0.3, 0.4) is 0 Å². The molecule has 1 aliphatic carbocycles. The highest BCUT2D eigenvalue weighted by Gasteiger charge is 2.30.